The number of carbonyl (C=O) groups is 1. The van der Waals surface area contributed by atoms with Crippen molar-refractivity contribution in [1.82, 2.24) is 20.1 Å². The summed E-state index contributed by atoms with van der Waals surface area (Å²) in [5.74, 6) is 1.23. The lowest BCUT2D eigenvalue weighted by molar-refractivity contribution is -0.122. The Morgan fingerprint density at radius 1 is 1.28 bits per heavy atom. The zero-order chi connectivity index (χ0) is 17.6. The molecule has 0 spiro atoms. The summed E-state index contributed by atoms with van der Waals surface area (Å²) in [7, 11) is 0. The molecule has 0 aliphatic carbocycles. The standard InChI is InChI=1S/C18H23N5O2/c1-14-6-9-22(10-7-14)16-4-5-18(25)23(21-16)13-17(24)20-12-15-3-2-8-19-11-15/h2-5,8,11,14H,6-7,9-10,12-13H2,1H3,(H,20,24). The molecule has 1 amide bonds. The van der Waals surface area contributed by atoms with Gasteiger partial charge in [-0.05, 0) is 36.5 Å². The van der Waals surface area contributed by atoms with Crippen LogP contribution in [0.1, 0.15) is 25.3 Å². The van der Waals surface area contributed by atoms with Crippen LogP contribution < -0.4 is 15.8 Å². The molecule has 0 radical (unpaired) electrons. The molecule has 1 N–H and O–H groups in total. The summed E-state index contributed by atoms with van der Waals surface area (Å²) in [6.07, 6.45) is 5.61. The largest absolute Gasteiger partial charge is 0.355 e. The molecule has 0 atom stereocenters. The molecule has 25 heavy (non-hydrogen) atoms. The summed E-state index contributed by atoms with van der Waals surface area (Å²) in [6.45, 7) is 4.40. The van der Waals surface area contributed by atoms with E-state index in [-0.39, 0.29) is 18.0 Å². The van der Waals surface area contributed by atoms with Crippen molar-refractivity contribution in [2.75, 3.05) is 18.0 Å². The summed E-state index contributed by atoms with van der Waals surface area (Å²) >= 11 is 0. The van der Waals surface area contributed by atoms with Crippen molar-refractivity contribution in [1.29, 1.82) is 0 Å². The van der Waals surface area contributed by atoms with Crippen LogP contribution in [0.5, 0.6) is 0 Å². The number of amides is 1. The van der Waals surface area contributed by atoms with E-state index in [1.54, 1.807) is 18.5 Å². The molecular formula is C18H23N5O2. The van der Waals surface area contributed by atoms with E-state index >= 15 is 0 Å². The maximum Gasteiger partial charge on any atom is 0.267 e. The first kappa shape index (κ1) is 17.1. The van der Waals surface area contributed by atoms with Crippen LogP contribution in [0.2, 0.25) is 0 Å². The second kappa shape index (κ2) is 7.92. The maximum atomic E-state index is 12.1. The summed E-state index contributed by atoms with van der Waals surface area (Å²) in [5.41, 5.74) is 0.637. The molecule has 2 aromatic rings. The normalized spacial score (nSPS) is 15.2. The summed E-state index contributed by atoms with van der Waals surface area (Å²) in [6, 6.07) is 6.92. The number of hydrogen-bond acceptors (Lipinski definition) is 5. The van der Waals surface area contributed by atoms with Crippen molar-refractivity contribution in [3.8, 4) is 0 Å². The van der Waals surface area contributed by atoms with Crippen LogP contribution in [-0.2, 0) is 17.9 Å². The predicted octanol–water partition coefficient (Wildman–Crippen LogP) is 1.19. The molecule has 3 heterocycles. The van der Waals surface area contributed by atoms with Crippen LogP contribution in [0.15, 0.2) is 41.5 Å². The number of aromatic nitrogens is 3. The first-order chi connectivity index (χ1) is 12.1. The van der Waals surface area contributed by atoms with E-state index in [9.17, 15) is 9.59 Å². The second-order valence-corrected chi connectivity index (χ2v) is 6.49. The van der Waals surface area contributed by atoms with E-state index in [1.807, 2.05) is 12.1 Å². The lowest BCUT2D eigenvalue weighted by atomic mass is 9.99. The van der Waals surface area contributed by atoms with Gasteiger partial charge >= 0.3 is 0 Å². The molecule has 0 saturated carbocycles. The second-order valence-electron chi connectivity index (χ2n) is 6.49. The fraction of sp³-hybridized carbons (Fsp3) is 0.444. The van der Waals surface area contributed by atoms with Gasteiger partial charge in [-0.1, -0.05) is 13.0 Å². The number of anilines is 1. The molecule has 0 bridgehead atoms. The predicted molar refractivity (Wildman–Crippen MR) is 95.2 cm³/mol. The highest BCUT2D eigenvalue weighted by atomic mass is 16.2. The van der Waals surface area contributed by atoms with E-state index in [2.05, 4.69) is 27.2 Å². The van der Waals surface area contributed by atoms with Crippen LogP contribution in [0.4, 0.5) is 5.82 Å². The fourth-order valence-corrected chi connectivity index (χ4v) is 2.85. The van der Waals surface area contributed by atoms with Gasteiger partial charge < -0.3 is 10.2 Å². The molecule has 2 aromatic heterocycles. The van der Waals surface area contributed by atoms with E-state index in [1.165, 1.54) is 10.7 Å². The molecular weight excluding hydrogens is 318 g/mol. The van der Waals surface area contributed by atoms with Gasteiger partial charge in [0.25, 0.3) is 5.56 Å². The molecule has 1 saturated heterocycles. The van der Waals surface area contributed by atoms with Crippen molar-refractivity contribution in [2.24, 2.45) is 5.92 Å². The van der Waals surface area contributed by atoms with Gasteiger partial charge in [0.2, 0.25) is 5.91 Å². The summed E-state index contributed by atoms with van der Waals surface area (Å²) in [5, 5.41) is 7.16. The highest BCUT2D eigenvalue weighted by Gasteiger charge is 2.18. The molecule has 0 aromatic carbocycles. The molecule has 7 nitrogen and oxygen atoms in total. The van der Waals surface area contributed by atoms with Gasteiger partial charge in [-0.3, -0.25) is 14.6 Å². The van der Waals surface area contributed by atoms with Gasteiger partial charge in [0.1, 0.15) is 12.4 Å². The zero-order valence-corrected chi connectivity index (χ0v) is 14.4. The van der Waals surface area contributed by atoms with Gasteiger partial charge in [-0.2, -0.15) is 5.10 Å². The van der Waals surface area contributed by atoms with Crippen molar-refractivity contribution in [3.05, 3.63) is 52.6 Å². The Morgan fingerprint density at radius 2 is 2.08 bits per heavy atom. The number of nitrogens with zero attached hydrogens (tertiary/aromatic N) is 4. The molecule has 132 valence electrons. The minimum Gasteiger partial charge on any atom is -0.355 e. The minimum absolute atomic E-state index is 0.0861. The monoisotopic (exact) mass is 341 g/mol. The number of piperidine rings is 1. The van der Waals surface area contributed by atoms with Gasteiger partial charge in [0, 0.05) is 38.1 Å². The lowest BCUT2D eigenvalue weighted by Crippen LogP contribution is -2.37. The van der Waals surface area contributed by atoms with Crippen LogP contribution in [0, 0.1) is 5.92 Å². The summed E-state index contributed by atoms with van der Waals surface area (Å²) in [4.78, 5) is 30.3. The van der Waals surface area contributed by atoms with Crippen LogP contribution in [0.3, 0.4) is 0 Å². The topological polar surface area (TPSA) is 80.1 Å². The Balaban J connectivity index is 1.62. The van der Waals surface area contributed by atoms with Crippen molar-refractivity contribution < 1.29 is 4.79 Å². The minimum atomic E-state index is -0.273. The first-order valence-corrected chi connectivity index (χ1v) is 8.60. The Kier molecular flexibility index (Phi) is 5.42. The Morgan fingerprint density at radius 3 is 2.80 bits per heavy atom. The average Bonchev–Trinajstić information content (AvgIpc) is 2.63. The number of hydrogen-bond donors (Lipinski definition) is 1. The number of rotatable bonds is 5. The summed E-state index contributed by atoms with van der Waals surface area (Å²) < 4.78 is 1.23. The van der Waals surface area contributed by atoms with Crippen molar-refractivity contribution in [3.63, 3.8) is 0 Å². The van der Waals surface area contributed by atoms with E-state index in [0.29, 0.717) is 6.54 Å². The average molecular weight is 341 g/mol. The number of carbonyl (C=O) groups excluding carboxylic acids is 1. The number of nitrogens with one attached hydrogen (secondary N) is 1. The lowest BCUT2D eigenvalue weighted by Gasteiger charge is -2.31. The van der Waals surface area contributed by atoms with Crippen molar-refractivity contribution in [2.45, 2.75) is 32.9 Å². The van der Waals surface area contributed by atoms with E-state index < -0.39 is 0 Å². The fourth-order valence-electron chi connectivity index (χ4n) is 2.85. The molecule has 1 fully saturated rings. The Bertz CT molecular complexity index is 767. The molecule has 1 aliphatic heterocycles. The maximum absolute atomic E-state index is 12.1. The van der Waals surface area contributed by atoms with E-state index in [4.69, 9.17) is 0 Å². The quantitative estimate of drug-likeness (QED) is 0.884. The molecule has 1 aliphatic rings. The van der Waals surface area contributed by atoms with Crippen LogP contribution in [-0.4, -0.2) is 33.8 Å². The van der Waals surface area contributed by atoms with Crippen molar-refractivity contribution >= 4 is 11.7 Å². The van der Waals surface area contributed by atoms with Gasteiger partial charge in [-0.15, -0.1) is 0 Å². The van der Waals surface area contributed by atoms with Gasteiger partial charge in [-0.25, -0.2) is 4.68 Å². The van der Waals surface area contributed by atoms with Crippen LogP contribution in [0.25, 0.3) is 0 Å². The first-order valence-electron chi connectivity index (χ1n) is 8.60. The Hall–Kier alpha value is -2.70. The molecule has 0 unspecified atom stereocenters. The van der Waals surface area contributed by atoms with Crippen LogP contribution >= 0.6 is 0 Å². The van der Waals surface area contributed by atoms with E-state index in [0.717, 1.165) is 43.2 Å². The smallest absolute Gasteiger partial charge is 0.267 e. The Labute approximate surface area is 146 Å². The molecule has 7 heteroatoms. The third-order valence-corrected chi connectivity index (χ3v) is 4.47. The highest BCUT2D eigenvalue weighted by molar-refractivity contribution is 5.75. The number of pyridine rings is 1. The highest BCUT2D eigenvalue weighted by Crippen LogP contribution is 2.20. The van der Waals surface area contributed by atoms with Gasteiger partial charge in [0.05, 0.1) is 0 Å². The molecule has 3 rings (SSSR count). The van der Waals surface area contributed by atoms with Gasteiger partial charge in [0.15, 0.2) is 0 Å². The third-order valence-electron chi connectivity index (χ3n) is 4.47. The third kappa shape index (κ3) is 4.65. The SMILES string of the molecule is CC1CCN(c2ccc(=O)n(CC(=O)NCc3cccnc3)n2)CC1. The zero-order valence-electron chi connectivity index (χ0n) is 14.4.